The van der Waals surface area contributed by atoms with Gasteiger partial charge in [-0.05, 0) is 25.0 Å². The smallest absolute Gasteiger partial charge is 0.237 e. The second-order valence-corrected chi connectivity index (χ2v) is 4.46. The molecule has 0 radical (unpaired) electrons. The largest absolute Gasteiger partial charge is 0.314 e. The number of carbonyl (C=O) groups is 1. The molecule has 1 amide bonds. The van der Waals surface area contributed by atoms with Crippen LogP contribution in [0.1, 0.15) is 32.3 Å². The van der Waals surface area contributed by atoms with Crippen molar-refractivity contribution >= 4 is 11.6 Å². The number of likely N-dealkylation sites (N-methyl/N-ethyl adjacent to an activating group) is 1. The Balaban J connectivity index is 2.55. The SMILES string of the molecule is CCC[C@@]1(C)C(=O)N(C)c2ccccc21. The van der Waals surface area contributed by atoms with Gasteiger partial charge in [-0.1, -0.05) is 31.5 Å². The molecule has 1 atom stereocenters. The van der Waals surface area contributed by atoms with Crippen molar-refractivity contribution in [2.45, 2.75) is 32.1 Å². The first-order valence-corrected chi connectivity index (χ1v) is 5.49. The Labute approximate surface area is 90.9 Å². The summed E-state index contributed by atoms with van der Waals surface area (Å²) in [6.07, 6.45) is 1.96. The summed E-state index contributed by atoms with van der Waals surface area (Å²) in [5.41, 5.74) is 1.94. The number of amides is 1. The predicted octanol–water partition coefficient (Wildman–Crippen LogP) is 2.72. The number of nitrogens with zero attached hydrogens (tertiary/aromatic N) is 1. The molecule has 0 fully saturated rings. The Morgan fingerprint density at radius 2 is 2.00 bits per heavy atom. The summed E-state index contributed by atoms with van der Waals surface area (Å²) < 4.78 is 0. The molecule has 1 aromatic carbocycles. The molecular weight excluding hydrogens is 186 g/mol. The lowest BCUT2D eigenvalue weighted by molar-refractivity contribution is -0.122. The minimum absolute atomic E-state index is 0.227. The summed E-state index contributed by atoms with van der Waals surface area (Å²) in [7, 11) is 1.86. The van der Waals surface area contributed by atoms with Gasteiger partial charge in [-0.2, -0.15) is 0 Å². The van der Waals surface area contributed by atoms with E-state index >= 15 is 0 Å². The molecule has 2 heteroatoms. The zero-order valence-electron chi connectivity index (χ0n) is 9.58. The summed E-state index contributed by atoms with van der Waals surface area (Å²) in [6, 6.07) is 8.10. The highest BCUT2D eigenvalue weighted by Gasteiger charge is 2.44. The fraction of sp³-hybridized carbons (Fsp3) is 0.462. The average molecular weight is 203 g/mol. The molecule has 0 aromatic heterocycles. The van der Waals surface area contributed by atoms with Crippen molar-refractivity contribution in [1.82, 2.24) is 0 Å². The highest BCUT2D eigenvalue weighted by molar-refractivity contribution is 6.07. The zero-order chi connectivity index (χ0) is 11.1. The molecule has 0 aliphatic carbocycles. The maximum Gasteiger partial charge on any atom is 0.237 e. The molecule has 0 spiro atoms. The van der Waals surface area contributed by atoms with Gasteiger partial charge in [0.25, 0.3) is 0 Å². The summed E-state index contributed by atoms with van der Waals surface area (Å²) in [5.74, 6) is 0.227. The van der Waals surface area contributed by atoms with E-state index in [1.807, 2.05) is 25.2 Å². The molecule has 0 unspecified atom stereocenters. The van der Waals surface area contributed by atoms with Crippen LogP contribution in [-0.4, -0.2) is 13.0 Å². The van der Waals surface area contributed by atoms with Crippen LogP contribution in [0, 0.1) is 0 Å². The van der Waals surface area contributed by atoms with Gasteiger partial charge in [-0.25, -0.2) is 0 Å². The second-order valence-electron chi connectivity index (χ2n) is 4.46. The van der Waals surface area contributed by atoms with E-state index in [1.165, 1.54) is 5.56 Å². The van der Waals surface area contributed by atoms with Crippen molar-refractivity contribution in [3.05, 3.63) is 29.8 Å². The molecule has 1 aliphatic rings. The van der Waals surface area contributed by atoms with Crippen LogP contribution >= 0.6 is 0 Å². The van der Waals surface area contributed by atoms with E-state index in [2.05, 4.69) is 19.9 Å². The van der Waals surface area contributed by atoms with Gasteiger partial charge in [0, 0.05) is 12.7 Å². The van der Waals surface area contributed by atoms with Crippen molar-refractivity contribution < 1.29 is 4.79 Å². The van der Waals surface area contributed by atoms with Gasteiger partial charge in [0.2, 0.25) is 5.91 Å². The number of carbonyl (C=O) groups excluding carboxylic acids is 1. The first-order chi connectivity index (χ1) is 7.11. The van der Waals surface area contributed by atoms with Gasteiger partial charge < -0.3 is 4.90 Å². The van der Waals surface area contributed by atoms with Crippen LogP contribution in [0.5, 0.6) is 0 Å². The van der Waals surface area contributed by atoms with Crippen molar-refractivity contribution in [3.63, 3.8) is 0 Å². The lowest BCUT2D eigenvalue weighted by atomic mass is 9.80. The predicted molar refractivity (Wildman–Crippen MR) is 62.1 cm³/mol. The van der Waals surface area contributed by atoms with Gasteiger partial charge in [0.15, 0.2) is 0 Å². The van der Waals surface area contributed by atoms with E-state index in [4.69, 9.17) is 0 Å². The first-order valence-electron chi connectivity index (χ1n) is 5.49. The number of rotatable bonds is 2. The van der Waals surface area contributed by atoms with Crippen LogP contribution in [-0.2, 0) is 10.2 Å². The molecule has 2 rings (SSSR count). The number of benzene rings is 1. The summed E-state index contributed by atoms with van der Waals surface area (Å²) >= 11 is 0. The molecule has 1 heterocycles. The zero-order valence-corrected chi connectivity index (χ0v) is 9.58. The Hall–Kier alpha value is -1.31. The van der Waals surface area contributed by atoms with E-state index in [9.17, 15) is 4.79 Å². The lowest BCUT2D eigenvalue weighted by Crippen LogP contribution is -2.35. The van der Waals surface area contributed by atoms with E-state index in [0.29, 0.717) is 0 Å². The van der Waals surface area contributed by atoms with Crippen molar-refractivity contribution in [1.29, 1.82) is 0 Å². The molecule has 0 saturated heterocycles. The molecule has 1 aliphatic heterocycles. The molecule has 2 nitrogen and oxygen atoms in total. The van der Waals surface area contributed by atoms with Crippen molar-refractivity contribution in [2.75, 3.05) is 11.9 Å². The maximum atomic E-state index is 12.2. The van der Waals surface area contributed by atoms with E-state index in [-0.39, 0.29) is 11.3 Å². The molecule has 0 N–H and O–H groups in total. The topological polar surface area (TPSA) is 20.3 Å². The quantitative estimate of drug-likeness (QED) is 0.723. The Morgan fingerprint density at radius 1 is 1.33 bits per heavy atom. The van der Waals surface area contributed by atoms with Crippen LogP contribution in [0.4, 0.5) is 5.69 Å². The molecule has 15 heavy (non-hydrogen) atoms. The van der Waals surface area contributed by atoms with Crippen LogP contribution in [0.3, 0.4) is 0 Å². The van der Waals surface area contributed by atoms with E-state index < -0.39 is 0 Å². The minimum atomic E-state index is -0.305. The van der Waals surface area contributed by atoms with Gasteiger partial charge in [0.05, 0.1) is 5.41 Å². The van der Waals surface area contributed by atoms with Crippen molar-refractivity contribution in [3.8, 4) is 0 Å². The minimum Gasteiger partial charge on any atom is -0.314 e. The summed E-state index contributed by atoms with van der Waals surface area (Å²) in [5, 5.41) is 0. The fourth-order valence-electron chi connectivity index (χ4n) is 2.57. The molecule has 0 saturated carbocycles. The molecule has 80 valence electrons. The second kappa shape index (κ2) is 3.37. The number of para-hydroxylation sites is 1. The Bertz CT molecular complexity index is 399. The molecule has 1 aromatic rings. The van der Waals surface area contributed by atoms with Gasteiger partial charge in [-0.3, -0.25) is 4.79 Å². The van der Waals surface area contributed by atoms with Crippen LogP contribution in [0.2, 0.25) is 0 Å². The van der Waals surface area contributed by atoms with Crippen LogP contribution in [0.25, 0.3) is 0 Å². The van der Waals surface area contributed by atoms with Crippen molar-refractivity contribution in [2.24, 2.45) is 0 Å². The highest BCUT2D eigenvalue weighted by atomic mass is 16.2. The third-order valence-corrected chi connectivity index (χ3v) is 3.39. The number of fused-ring (bicyclic) bond motifs is 1. The normalized spacial score (nSPS) is 24.5. The average Bonchev–Trinajstić information content (AvgIpc) is 2.43. The third-order valence-electron chi connectivity index (χ3n) is 3.39. The first kappa shape index (κ1) is 10.2. The number of hydrogen-bond acceptors (Lipinski definition) is 1. The number of hydrogen-bond donors (Lipinski definition) is 0. The molecule has 0 bridgehead atoms. The van der Waals surface area contributed by atoms with Gasteiger partial charge >= 0.3 is 0 Å². The summed E-state index contributed by atoms with van der Waals surface area (Å²) in [4.78, 5) is 14.0. The maximum absolute atomic E-state index is 12.2. The van der Waals surface area contributed by atoms with E-state index in [0.717, 1.165) is 18.5 Å². The van der Waals surface area contributed by atoms with Crippen LogP contribution in [0.15, 0.2) is 24.3 Å². The van der Waals surface area contributed by atoms with Crippen LogP contribution < -0.4 is 4.90 Å². The Morgan fingerprint density at radius 3 is 2.67 bits per heavy atom. The Kier molecular flexibility index (Phi) is 2.29. The fourth-order valence-corrected chi connectivity index (χ4v) is 2.57. The third kappa shape index (κ3) is 1.28. The monoisotopic (exact) mass is 203 g/mol. The molecular formula is C13H17NO. The highest BCUT2D eigenvalue weighted by Crippen LogP contribution is 2.43. The van der Waals surface area contributed by atoms with E-state index in [1.54, 1.807) is 4.90 Å². The van der Waals surface area contributed by atoms with Gasteiger partial charge in [-0.15, -0.1) is 0 Å². The van der Waals surface area contributed by atoms with Gasteiger partial charge in [0.1, 0.15) is 0 Å². The standard InChI is InChI=1S/C13H17NO/c1-4-9-13(2)10-7-5-6-8-11(10)14(3)12(13)15/h5-8H,4,9H2,1-3H3/t13-/m1/s1. The number of anilines is 1. The lowest BCUT2D eigenvalue weighted by Gasteiger charge is -2.22. The summed E-state index contributed by atoms with van der Waals surface area (Å²) in [6.45, 7) is 4.18.